The molecule has 2 heteroatoms. The zero-order chi connectivity index (χ0) is 8.36. The predicted octanol–water partition coefficient (Wildman–Crippen LogP) is 2.35. The summed E-state index contributed by atoms with van der Waals surface area (Å²) in [5.41, 5.74) is -0.535. The fraction of sp³-hybridized carbons (Fsp3) is 0.875. The third-order valence-corrected chi connectivity index (χ3v) is 1.39. The van der Waals surface area contributed by atoms with Crippen molar-refractivity contribution in [3.05, 3.63) is 0 Å². The van der Waals surface area contributed by atoms with E-state index in [0.717, 1.165) is 0 Å². The molecule has 0 saturated carbocycles. The summed E-state index contributed by atoms with van der Waals surface area (Å²) in [6.45, 7) is 6.86. The van der Waals surface area contributed by atoms with Crippen molar-refractivity contribution in [3.8, 4) is 0 Å². The van der Waals surface area contributed by atoms with Crippen LogP contribution in [0.4, 0.5) is 4.39 Å². The molecule has 0 rings (SSSR count). The minimum absolute atomic E-state index is 0.290. The van der Waals surface area contributed by atoms with Crippen LogP contribution in [0.25, 0.3) is 0 Å². The highest BCUT2D eigenvalue weighted by Crippen LogP contribution is 2.23. The molecule has 0 saturated heterocycles. The monoisotopic (exact) mass is 146 g/mol. The van der Waals surface area contributed by atoms with Crippen LogP contribution in [0.3, 0.4) is 0 Å². The molecule has 60 valence electrons. The van der Waals surface area contributed by atoms with Crippen LogP contribution in [0.5, 0.6) is 0 Å². The smallest absolute Gasteiger partial charge is 0.167 e. The molecule has 1 atom stereocenters. The maximum atomic E-state index is 13.0. The minimum atomic E-state index is -1.31. The van der Waals surface area contributed by atoms with Gasteiger partial charge in [-0.2, -0.15) is 0 Å². The van der Waals surface area contributed by atoms with Crippen LogP contribution < -0.4 is 0 Å². The largest absolute Gasteiger partial charge is 0.296 e. The summed E-state index contributed by atoms with van der Waals surface area (Å²) in [6.07, 6.45) is -1.02. The summed E-state index contributed by atoms with van der Waals surface area (Å²) in [6, 6.07) is 0. The number of rotatable bonds is 2. The molecule has 1 nitrogen and oxygen atoms in total. The molecule has 0 aromatic rings. The van der Waals surface area contributed by atoms with Crippen LogP contribution in [0, 0.1) is 5.41 Å². The molecule has 0 N–H and O–H groups in total. The average Bonchev–Trinajstić information content (AvgIpc) is 1.83. The van der Waals surface area contributed by atoms with E-state index in [4.69, 9.17) is 0 Å². The minimum Gasteiger partial charge on any atom is -0.296 e. The fourth-order valence-electron chi connectivity index (χ4n) is 0.662. The van der Waals surface area contributed by atoms with Gasteiger partial charge in [0.2, 0.25) is 0 Å². The first kappa shape index (κ1) is 9.60. The van der Waals surface area contributed by atoms with E-state index in [1.165, 1.54) is 0 Å². The van der Waals surface area contributed by atoms with Gasteiger partial charge < -0.3 is 0 Å². The number of hydrogen-bond donors (Lipinski definition) is 0. The average molecular weight is 146 g/mol. The lowest BCUT2D eigenvalue weighted by Crippen LogP contribution is -2.29. The van der Waals surface area contributed by atoms with Crippen LogP contribution in [0.15, 0.2) is 0 Å². The molecule has 10 heavy (non-hydrogen) atoms. The molecule has 1 unspecified atom stereocenters. The number of ketones is 1. The lowest BCUT2D eigenvalue weighted by Gasteiger charge is -2.21. The van der Waals surface area contributed by atoms with E-state index in [1.54, 1.807) is 27.7 Å². The Morgan fingerprint density at radius 1 is 1.50 bits per heavy atom. The normalized spacial score (nSPS) is 14.9. The van der Waals surface area contributed by atoms with Gasteiger partial charge in [-0.1, -0.05) is 27.7 Å². The molecular formula is C8H15FO. The number of carbonyl (C=O) groups excluding carboxylic acids is 1. The van der Waals surface area contributed by atoms with Crippen LogP contribution >= 0.6 is 0 Å². The molecule has 0 aromatic carbocycles. The van der Waals surface area contributed by atoms with Crippen molar-refractivity contribution in [1.82, 2.24) is 0 Å². The standard InChI is InChI=1S/C8H15FO/c1-5-6(10)7(9)8(2,3)4/h7H,5H2,1-4H3. The Kier molecular flexibility index (Phi) is 3.00. The van der Waals surface area contributed by atoms with Gasteiger partial charge in [-0.3, -0.25) is 4.79 Å². The third-order valence-electron chi connectivity index (χ3n) is 1.39. The molecule has 0 amide bonds. The highest BCUT2D eigenvalue weighted by molar-refractivity contribution is 5.83. The maximum absolute atomic E-state index is 13.0. The molecule has 0 aromatic heterocycles. The summed E-state index contributed by atoms with van der Waals surface area (Å²) in [5, 5.41) is 0. The van der Waals surface area contributed by atoms with E-state index in [-0.39, 0.29) is 5.78 Å². The maximum Gasteiger partial charge on any atom is 0.167 e. The van der Waals surface area contributed by atoms with Gasteiger partial charge in [-0.15, -0.1) is 0 Å². The lowest BCUT2D eigenvalue weighted by molar-refractivity contribution is -0.127. The number of Topliss-reactive ketones (excluding diaryl/α,β-unsaturated/α-hetero) is 1. The Morgan fingerprint density at radius 2 is 1.90 bits per heavy atom. The molecule has 0 fully saturated rings. The number of halogens is 1. The zero-order valence-corrected chi connectivity index (χ0v) is 7.07. The first-order valence-electron chi connectivity index (χ1n) is 3.56. The van der Waals surface area contributed by atoms with Gasteiger partial charge in [-0.25, -0.2) is 4.39 Å². The van der Waals surface area contributed by atoms with Crippen LogP contribution in [-0.4, -0.2) is 12.0 Å². The molecule has 0 aliphatic heterocycles. The Balaban J connectivity index is 4.08. The first-order valence-corrected chi connectivity index (χ1v) is 3.56. The second kappa shape index (κ2) is 3.13. The molecule has 0 aliphatic rings. The summed E-state index contributed by atoms with van der Waals surface area (Å²) >= 11 is 0. The summed E-state index contributed by atoms with van der Waals surface area (Å²) in [7, 11) is 0. The van der Waals surface area contributed by atoms with Crippen LogP contribution in [0.1, 0.15) is 34.1 Å². The van der Waals surface area contributed by atoms with E-state index in [1.807, 2.05) is 0 Å². The van der Waals surface area contributed by atoms with Gasteiger partial charge in [0.25, 0.3) is 0 Å². The lowest BCUT2D eigenvalue weighted by atomic mass is 9.87. The van der Waals surface area contributed by atoms with Crippen molar-refractivity contribution in [2.24, 2.45) is 5.41 Å². The second-order valence-corrected chi connectivity index (χ2v) is 3.55. The van der Waals surface area contributed by atoms with Gasteiger partial charge in [0.15, 0.2) is 12.0 Å². The number of hydrogen-bond acceptors (Lipinski definition) is 1. The van der Waals surface area contributed by atoms with Crippen molar-refractivity contribution in [1.29, 1.82) is 0 Å². The Hall–Kier alpha value is -0.400. The Bertz CT molecular complexity index is 124. The molecule has 0 heterocycles. The SMILES string of the molecule is CCC(=O)C(F)C(C)(C)C. The molecule has 0 spiro atoms. The van der Waals surface area contributed by atoms with Gasteiger partial charge in [0.1, 0.15) is 0 Å². The van der Waals surface area contributed by atoms with Gasteiger partial charge >= 0.3 is 0 Å². The first-order chi connectivity index (χ1) is 4.39. The van der Waals surface area contributed by atoms with Crippen molar-refractivity contribution < 1.29 is 9.18 Å². The second-order valence-electron chi connectivity index (χ2n) is 3.55. The quantitative estimate of drug-likeness (QED) is 0.584. The van der Waals surface area contributed by atoms with Crippen molar-refractivity contribution in [2.75, 3.05) is 0 Å². The van der Waals surface area contributed by atoms with E-state index >= 15 is 0 Å². The number of carbonyl (C=O) groups is 1. The summed E-state index contributed by atoms with van der Waals surface area (Å²) in [4.78, 5) is 10.8. The predicted molar refractivity (Wildman–Crippen MR) is 39.6 cm³/mol. The van der Waals surface area contributed by atoms with E-state index < -0.39 is 11.6 Å². The van der Waals surface area contributed by atoms with Crippen molar-refractivity contribution in [2.45, 2.75) is 40.3 Å². The van der Waals surface area contributed by atoms with E-state index in [2.05, 4.69) is 0 Å². The highest BCUT2D eigenvalue weighted by Gasteiger charge is 2.29. The molecule has 0 aliphatic carbocycles. The molecular weight excluding hydrogens is 131 g/mol. The molecule has 0 radical (unpaired) electrons. The van der Waals surface area contributed by atoms with Gasteiger partial charge in [-0.05, 0) is 0 Å². The van der Waals surface area contributed by atoms with Gasteiger partial charge in [0, 0.05) is 11.8 Å². The molecule has 0 bridgehead atoms. The number of alkyl halides is 1. The van der Waals surface area contributed by atoms with E-state index in [0.29, 0.717) is 6.42 Å². The summed E-state index contributed by atoms with van der Waals surface area (Å²) in [5.74, 6) is -0.299. The fourth-order valence-corrected chi connectivity index (χ4v) is 0.662. The summed E-state index contributed by atoms with van der Waals surface area (Å²) < 4.78 is 13.0. The van der Waals surface area contributed by atoms with Gasteiger partial charge in [0.05, 0.1) is 0 Å². The topological polar surface area (TPSA) is 17.1 Å². The Labute approximate surface area is 61.6 Å². The zero-order valence-electron chi connectivity index (χ0n) is 7.07. The van der Waals surface area contributed by atoms with Crippen LogP contribution in [-0.2, 0) is 4.79 Å². The van der Waals surface area contributed by atoms with Crippen LogP contribution in [0.2, 0.25) is 0 Å². The Morgan fingerprint density at radius 3 is 2.00 bits per heavy atom. The third kappa shape index (κ3) is 2.46. The highest BCUT2D eigenvalue weighted by atomic mass is 19.1. The van der Waals surface area contributed by atoms with E-state index in [9.17, 15) is 9.18 Å². The van der Waals surface area contributed by atoms with Crippen molar-refractivity contribution in [3.63, 3.8) is 0 Å². The van der Waals surface area contributed by atoms with Crippen molar-refractivity contribution >= 4 is 5.78 Å².